The number of aromatic nitrogens is 4. The van der Waals surface area contributed by atoms with Crippen LogP contribution in [0.5, 0.6) is 0 Å². The number of nitrogens with zero attached hydrogens (tertiary/aromatic N) is 2. The SMILES string of the molecule is CCC(C)(C)c1ccc(C(=O)c2ccc(-c3cccc4nc(-c5ccc(-c6nc7ccccc7[nH]6)cc5)[nH]c34)cc2)cc1. The Morgan fingerprint density at radius 3 is 1.84 bits per heavy atom. The molecule has 43 heavy (non-hydrogen) atoms. The van der Waals surface area contributed by atoms with Crippen LogP contribution in [0.1, 0.15) is 48.7 Å². The van der Waals surface area contributed by atoms with E-state index in [1.807, 2.05) is 72.8 Å². The van der Waals surface area contributed by atoms with Gasteiger partial charge in [-0.2, -0.15) is 0 Å². The highest BCUT2D eigenvalue weighted by Gasteiger charge is 2.19. The summed E-state index contributed by atoms with van der Waals surface area (Å²) in [5.74, 6) is 1.68. The first kappa shape index (κ1) is 26.6. The molecule has 0 amide bonds. The summed E-state index contributed by atoms with van der Waals surface area (Å²) in [6.45, 7) is 6.64. The molecule has 0 aliphatic carbocycles. The van der Waals surface area contributed by atoms with E-state index in [-0.39, 0.29) is 11.2 Å². The lowest BCUT2D eigenvalue weighted by molar-refractivity contribution is 0.103. The fourth-order valence-corrected chi connectivity index (χ4v) is 5.53. The molecule has 210 valence electrons. The van der Waals surface area contributed by atoms with Gasteiger partial charge in [0.2, 0.25) is 0 Å². The van der Waals surface area contributed by atoms with Gasteiger partial charge < -0.3 is 9.97 Å². The first-order chi connectivity index (χ1) is 20.9. The predicted octanol–water partition coefficient (Wildman–Crippen LogP) is 9.36. The van der Waals surface area contributed by atoms with Crippen LogP contribution in [0, 0.1) is 0 Å². The van der Waals surface area contributed by atoms with Gasteiger partial charge in [-0.25, -0.2) is 9.97 Å². The molecule has 7 rings (SSSR count). The Balaban J connectivity index is 1.14. The second-order valence-electron chi connectivity index (χ2n) is 11.7. The van der Waals surface area contributed by atoms with Crippen molar-refractivity contribution < 1.29 is 4.79 Å². The number of para-hydroxylation sites is 3. The average Bonchev–Trinajstić information content (AvgIpc) is 3.70. The largest absolute Gasteiger partial charge is 0.338 e. The Morgan fingerprint density at radius 2 is 1.19 bits per heavy atom. The van der Waals surface area contributed by atoms with Crippen LogP contribution < -0.4 is 0 Å². The number of carbonyl (C=O) groups excluding carboxylic acids is 1. The minimum Gasteiger partial charge on any atom is -0.338 e. The number of hydrogen-bond acceptors (Lipinski definition) is 3. The molecule has 7 aromatic rings. The van der Waals surface area contributed by atoms with E-state index in [0.29, 0.717) is 11.1 Å². The van der Waals surface area contributed by atoms with Crippen LogP contribution in [-0.2, 0) is 5.41 Å². The quantitative estimate of drug-likeness (QED) is 0.191. The molecule has 0 saturated heterocycles. The molecule has 2 N–H and O–H groups in total. The molecule has 0 bridgehead atoms. The Labute approximate surface area is 250 Å². The standard InChI is InChI=1S/C38H32N4O/c1-4-38(2,3)29-22-20-26(21-23-29)35(43)25-14-12-24(13-15-25)30-8-7-11-33-34(30)42-37(41-33)28-18-16-27(17-19-28)36-39-31-9-5-6-10-32(31)40-36/h5-23H,4H2,1-3H3,(H,39,40)(H,41,42). The molecule has 0 aliphatic heterocycles. The molecule has 0 fully saturated rings. The van der Waals surface area contributed by atoms with Crippen LogP contribution in [0.4, 0.5) is 0 Å². The van der Waals surface area contributed by atoms with E-state index in [1.54, 1.807) is 0 Å². The highest BCUT2D eigenvalue weighted by atomic mass is 16.1. The van der Waals surface area contributed by atoms with Crippen molar-refractivity contribution in [1.82, 2.24) is 19.9 Å². The molecule has 5 heteroatoms. The molecule has 0 aliphatic rings. The number of H-pyrrole nitrogens is 2. The molecular formula is C38H32N4O. The number of carbonyl (C=O) groups is 1. The zero-order chi connectivity index (χ0) is 29.6. The summed E-state index contributed by atoms with van der Waals surface area (Å²) in [6, 6.07) is 38.3. The van der Waals surface area contributed by atoms with Gasteiger partial charge in [-0.15, -0.1) is 0 Å². The molecule has 0 radical (unpaired) electrons. The van der Waals surface area contributed by atoms with Crippen molar-refractivity contribution in [3.05, 3.63) is 132 Å². The maximum Gasteiger partial charge on any atom is 0.193 e. The van der Waals surface area contributed by atoms with Crippen LogP contribution in [0.2, 0.25) is 0 Å². The van der Waals surface area contributed by atoms with E-state index in [4.69, 9.17) is 9.97 Å². The average molecular weight is 561 g/mol. The lowest BCUT2D eigenvalue weighted by Crippen LogP contribution is -2.15. The van der Waals surface area contributed by atoms with Crippen molar-refractivity contribution in [2.45, 2.75) is 32.6 Å². The minimum atomic E-state index is 0.0283. The maximum atomic E-state index is 13.2. The number of ketones is 1. The van der Waals surface area contributed by atoms with E-state index >= 15 is 0 Å². The van der Waals surface area contributed by atoms with Gasteiger partial charge in [0.05, 0.1) is 22.1 Å². The van der Waals surface area contributed by atoms with Crippen LogP contribution >= 0.6 is 0 Å². The number of aromatic amines is 2. The summed E-state index contributed by atoms with van der Waals surface area (Å²) in [5, 5.41) is 0. The molecule has 0 atom stereocenters. The lowest BCUT2D eigenvalue weighted by atomic mass is 9.82. The summed E-state index contributed by atoms with van der Waals surface area (Å²) in [6.07, 6.45) is 1.04. The molecule has 5 aromatic carbocycles. The van der Waals surface area contributed by atoms with Gasteiger partial charge in [-0.3, -0.25) is 4.79 Å². The Kier molecular flexibility index (Phi) is 6.51. The number of benzene rings is 5. The zero-order valence-corrected chi connectivity index (χ0v) is 24.5. The van der Waals surface area contributed by atoms with Gasteiger partial charge >= 0.3 is 0 Å². The Hall–Kier alpha value is -5.29. The number of nitrogens with one attached hydrogen (secondary N) is 2. The Bertz CT molecular complexity index is 2050. The molecule has 0 spiro atoms. The number of fused-ring (bicyclic) bond motifs is 2. The van der Waals surface area contributed by atoms with Crippen LogP contribution in [0.3, 0.4) is 0 Å². The molecular weight excluding hydrogens is 528 g/mol. The molecule has 5 nitrogen and oxygen atoms in total. The highest BCUT2D eigenvalue weighted by molar-refractivity contribution is 6.09. The van der Waals surface area contributed by atoms with Crippen molar-refractivity contribution >= 4 is 27.9 Å². The van der Waals surface area contributed by atoms with Crippen molar-refractivity contribution in [2.24, 2.45) is 0 Å². The van der Waals surface area contributed by atoms with Gasteiger partial charge in [-0.05, 0) is 41.2 Å². The first-order valence-corrected chi connectivity index (χ1v) is 14.7. The zero-order valence-electron chi connectivity index (χ0n) is 24.5. The van der Waals surface area contributed by atoms with Gasteiger partial charge in [0.1, 0.15) is 11.6 Å². The molecule has 0 saturated carbocycles. The van der Waals surface area contributed by atoms with Crippen molar-refractivity contribution in [3.63, 3.8) is 0 Å². The second kappa shape index (κ2) is 10.5. The van der Waals surface area contributed by atoms with Crippen molar-refractivity contribution in [3.8, 4) is 33.9 Å². The summed E-state index contributed by atoms with van der Waals surface area (Å²) in [5.41, 5.74) is 10.6. The fraction of sp³-hybridized carbons (Fsp3) is 0.132. The normalized spacial score (nSPS) is 11.8. The summed E-state index contributed by atoms with van der Waals surface area (Å²) in [7, 11) is 0. The molecule has 2 aromatic heterocycles. The molecule has 2 heterocycles. The van der Waals surface area contributed by atoms with E-state index < -0.39 is 0 Å². The maximum absolute atomic E-state index is 13.2. The number of rotatable bonds is 7. The third kappa shape index (κ3) is 4.93. The van der Waals surface area contributed by atoms with Crippen molar-refractivity contribution in [1.29, 1.82) is 0 Å². The topological polar surface area (TPSA) is 74.4 Å². The lowest BCUT2D eigenvalue weighted by Gasteiger charge is -2.23. The van der Waals surface area contributed by atoms with Gasteiger partial charge in [0.25, 0.3) is 0 Å². The van der Waals surface area contributed by atoms with E-state index in [1.165, 1.54) is 5.56 Å². The minimum absolute atomic E-state index is 0.0283. The van der Waals surface area contributed by atoms with Gasteiger partial charge in [0.15, 0.2) is 5.78 Å². The molecule has 0 unspecified atom stereocenters. The van der Waals surface area contributed by atoms with E-state index in [9.17, 15) is 4.79 Å². The van der Waals surface area contributed by atoms with Crippen molar-refractivity contribution in [2.75, 3.05) is 0 Å². The third-order valence-electron chi connectivity index (χ3n) is 8.61. The summed E-state index contributed by atoms with van der Waals surface area (Å²) >= 11 is 0. The van der Waals surface area contributed by atoms with E-state index in [0.717, 1.165) is 62.4 Å². The van der Waals surface area contributed by atoms with Crippen LogP contribution in [-0.4, -0.2) is 25.7 Å². The van der Waals surface area contributed by atoms with Crippen LogP contribution in [0.25, 0.3) is 56.0 Å². The van der Waals surface area contributed by atoms with E-state index in [2.05, 4.69) is 73.2 Å². The van der Waals surface area contributed by atoms with Gasteiger partial charge in [-0.1, -0.05) is 118 Å². The number of imidazole rings is 2. The van der Waals surface area contributed by atoms with Gasteiger partial charge in [0, 0.05) is 27.8 Å². The predicted molar refractivity (Wildman–Crippen MR) is 175 cm³/mol. The first-order valence-electron chi connectivity index (χ1n) is 14.7. The Morgan fingerprint density at radius 1 is 0.628 bits per heavy atom. The second-order valence-corrected chi connectivity index (χ2v) is 11.7. The monoisotopic (exact) mass is 560 g/mol. The fourth-order valence-electron chi connectivity index (χ4n) is 5.53. The highest BCUT2D eigenvalue weighted by Crippen LogP contribution is 2.32. The third-order valence-corrected chi connectivity index (χ3v) is 8.61. The number of hydrogen-bond donors (Lipinski definition) is 2. The summed E-state index contributed by atoms with van der Waals surface area (Å²) in [4.78, 5) is 29.8. The smallest absolute Gasteiger partial charge is 0.193 e. The van der Waals surface area contributed by atoms with Crippen LogP contribution in [0.15, 0.2) is 115 Å². The summed E-state index contributed by atoms with van der Waals surface area (Å²) < 4.78 is 0.